The SMILES string of the molecule is CC(C)CC(N)C(=O)O.N=C(N)N. The third kappa shape index (κ3) is 18.0. The average molecular weight is 190 g/mol. The summed E-state index contributed by atoms with van der Waals surface area (Å²) in [5.74, 6) is -0.889. The zero-order chi connectivity index (χ0) is 11.0. The number of carboxylic acid groups (broad SMARTS) is 1. The molecule has 0 bridgehead atoms. The van der Waals surface area contributed by atoms with Gasteiger partial charge in [0.15, 0.2) is 5.96 Å². The zero-order valence-corrected chi connectivity index (χ0v) is 7.95. The van der Waals surface area contributed by atoms with Gasteiger partial charge >= 0.3 is 5.97 Å². The van der Waals surface area contributed by atoms with Crippen LogP contribution in [0.4, 0.5) is 0 Å². The molecule has 0 rings (SSSR count). The highest BCUT2D eigenvalue weighted by atomic mass is 16.4. The van der Waals surface area contributed by atoms with Crippen LogP contribution < -0.4 is 17.2 Å². The van der Waals surface area contributed by atoms with E-state index in [-0.39, 0.29) is 5.96 Å². The Kier molecular flexibility index (Phi) is 8.05. The molecule has 0 saturated carbocycles. The Bertz CT molecular complexity index is 166. The lowest BCUT2D eigenvalue weighted by molar-refractivity contribution is -0.138. The van der Waals surface area contributed by atoms with Crippen LogP contribution in [0.25, 0.3) is 0 Å². The highest BCUT2D eigenvalue weighted by Crippen LogP contribution is 2.01. The molecule has 78 valence electrons. The number of hydrogen-bond acceptors (Lipinski definition) is 3. The van der Waals surface area contributed by atoms with Crippen LogP contribution in [0.1, 0.15) is 20.3 Å². The summed E-state index contributed by atoms with van der Waals surface area (Å²) in [6.07, 6.45) is 0.551. The number of guanidine groups is 1. The third-order valence-corrected chi connectivity index (χ3v) is 1.04. The maximum atomic E-state index is 10.1. The molecule has 6 nitrogen and oxygen atoms in total. The van der Waals surface area contributed by atoms with Gasteiger partial charge in [-0.05, 0) is 12.3 Å². The fraction of sp³-hybridized carbons (Fsp3) is 0.714. The summed E-state index contributed by atoms with van der Waals surface area (Å²) in [5, 5.41) is 14.4. The Balaban J connectivity index is 0. The van der Waals surface area contributed by atoms with E-state index in [4.69, 9.17) is 16.2 Å². The molecule has 0 radical (unpaired) electrons. The van der Waals surface area contributed by atoms with Gasteiger partial charge in [0, 0.05) is 0 Å². The van der Waals surface area contributed by atoms with Gasteiger partial charge in [-0.25, -0.2) is 0 Å². The minimum Gasteiger partial charge on any atom is -0.480 e. The van der Waals surface area contributed by atoms with Crippen LogP contribution in [-0.4, -0.2) is 23.1 Å². The quantitative estimate of drug-likeness (QED) is 0.295. The lowest BCUT2D eigenvalue weighted by Gasteiger charge is -2.07. The zero-order valence-electron chi connectivity index (χ0n) is 7.95. The number of carbonyl (C=O) groups is 1. The maximum Gasteiger partial charge on any atom is 0.320 e. The Hall–Kier alpha value is -1.30. The minimum absolute atomic E-state index is 0.333. The molecule has 1 atom stereocenters. The van der Waals surface area contributed by atoms with Crippen LogP contribution in [0.3, 0.4) is 0 Å². The molecule has 0 heterocycles. The molecule has 0 aromatic heterocycles. The van der Waals surface area contributed by atoms with Gasteiger partial charge in [-0.3, -0.25) is 10.2 Å². The number of rotatable bonds is 3. The number of aliphatic carboxylic acids is 1. The topological polar surface area (TPSA) is 139 Å². The van der Waals surface area contributed by atoms with Crippen molar-refractivity contribution in [3.8, 4) is 0 Å². The summed E-state index contributed by atoms with van der Waals surface area (Å²) in [6, 6.07) is -0.690. The molecule has 1 unspecified atom stereocenters. The van der Waals surface area contributed by atoms with E-state index in [1.807, 2.05) is 13.8 Å². The van der Waals surface area contributed by atoms with Gasteiger partial charge in [0.1, 0.15) is 6.04 Å². The molecule has 0 spiro atoms. The van der Waals surface area contributed by atoms with Gasteiger partial charge in [0.05, 0.1) is 0 Å². The number of nitrogens with two attached hydrogens (primary N) is 3. The monoisotopic (exact) mass is 190 g/mol. The van der Waals surface area contributed by atoms with E-state index in [9.17, 15) is 4.79 Å². The average Bonchev–Trinajstić information content (AvgIpc) is 1.83. The van der Waals surface area contributed by atoms with Crippen LogP contribution >= 0.6 is 0 Å². The molecule has 0 fully saturated rings. The standard InChI is InChI=1S/C6H13NO2.CH5N3/c1-4(2)3-5(7)6(8)9;2-1(3)4/h4-5H,3,7H2,1-2H3,(H,8,9);(H5,2,3,4). The number of hydrogen-bond donors (Lipinski definition) is 5. The van der Waals surface area contributed by atoms with E-state index < -0.39 is 12.0 Å². The molecule has 0 aliphatic carbocycles. The van der Waals surface area contributed by atoms with Crippen LogP contribution in [0, 0.1) is 11.3 Å². The fourth-order valence-electron chi connectivity index (χ4n) is 0.609. The largest absolute Gasteiger partial charge is 0.480 e. The normalized spacial score (nSPS) is 11.4. The molecular formula is C7H18N4O2. The molecule has 0 saturated heterocycles. The van der Waals surface area contributed by atoms with Crippen molar-refractivity contribution < 1.29 is 9.90 Å². The van der Waals surface area contributed by atoms with Gasteiger partial charge in [0.25, 0.3) is 0 Å². The summed E-state index contributed by atoms with van der Waals surface area (Å²) < 4.78 is 0. The molecule has 13 heavy (non-hydrogen) atoms. The van der Waals surface area contributed by atoms with Crippen LogP contribution in [-0.2, 0) is 4.79 Å². The second-order valence-electron chi connectivity index (χ2n) is 3.03. The minimum atomic E-state index is -0.913. The first-order valence-electron chi connectivity index (χ1n) is 3.85. The van der Waals surface area contributed by atoms with E-state index in [0.717, 1.165) is 0 Å². The second kappa shape index (κ2) is 7.35. The van der Waals surface area contributed by atoms with E-state index in [1.165, 1.54) is 0 Å². The lowest BCUT2D eigenvalue weighted by Crippen LogP contribution is -2.31. The summed E-state index contributed by atoms with van der Waals surface area (Å²) in [6.45, 7) is 3.89. The van der Waals surface area contributed by atoms with Crippen molar-refractivity contribution in [3.05, 3.63) is 0 Å². The van der Waals surface area contributed by atoms with Gasteiger partial charge in [-0.15, -0.1) is 0 Å². The van der Waals surface area contributed by atoms with Crippen LogP contribution in [0.15, 0.2) is 0 Å². The molecule has 0 amide bonds. The van der Waals surface area contributed by atoms with E-state index in [2.05, 4.69) is 11.5 Å². The number of carboxylic acids is 1. The third-order valence-electron chi connectivity index (χ3n) is 1.04. The predicted molar refractivity (Wildman–Crippen MR) is 51.2 cm³/mol. The number of nitrogens with one attached hydrogen (secondary N) is 1. The highest BCUT2D eigenvalue weighted by molar-refractivity contribution is 5.73. The summed E-state index contributed by atoms with van der Waals surface area (Å²) in [7, 11) is 0. The van der Waals surface area contributed by atoms with Gasteiger partial charge in [0.2, 0.25) is 0 Å². The lowest BCUT2D eigenvalue weighted by atomic mass is 10.1. The fourth-order valence-corrected chi connectivity index (χ4v) is 0.609. The van der Waals surface area contributed by atoms with Crippen molar-refractivity contribution in [1.29, 1.82) is 5.41 Å². The molecule has 0 aliphatic heterocycles. The highest BCUT2D eigenvalue weighted by Gasteiger charge is 2.11. The molecule has 0 aliphatic rings. The Labute approximate surface area is 77.6 Å². The van der Waals surface area contributed by atoms with Crippen molar-refractivity contribution >= 4 is 11.9 Å². The Morgan fingerprint density at radius 2 is 1.77 bits per heavy atom. The molecular weight excluding hydrogens is 172 g/mol. The second-order valence-corrected chi connectivity index (χ2v) is 3.03. The van der Waals surface area contributed by atoms with Crippen molar-refractivity contribution in [1.82, 2.24) is 0 Å². The van der Waals surface area contributed by atoms with Crippen LogP contribution in [0.2, 0.25) is 0 Å². The smallest absolute Gasteiger partial charge is 0.320 e. The molecule has 6 heteroatoms. The Morgan fingerprint density at radius 3 is 1.85 bits per heavy atom. The summed E-state index contributed by atoms with van der Waals surface area (Å²) >= 11 is 0. The van der Waals surface area contributed by atoms with Crippen molar-refractivity contribution in [2.45, 2.75) is 26.3 Å². The first-order valence-corrected chi connectivity index (χ1v) is 3.85. The maximum absolute atomic E-state index is 10.1. The summed E-state index contributed by atoms with van der Waals surface area (Å²) in [4.78, 5) is 10.1. The van der Waals surface area contributed by atoms with E-state index in [1.54, 1.807) is 0 Å². The molecule has 8 N–H and O–H groups in total. The van der Waals surface area contributed by atoms with E-state index in [0.29, 0.717) is 12.3 Å². The van der Waals surface area contributed by atoms with Gasteiger partial charge in [-0.2, -0.15) is 0 Å². The van der Waals surface area contributed by atoms with Crippen molar-refractivity contribution in [2.24, 2.45) is 23.1 Å². The van der Waals surface area contributed by atoms with E-state index >= 15 is 0 Å². The summed E-state index contributed by atoms with van der Waals surface area (Å²) in [5.41, 5.74) is 14.2. The van der Waals surface area contributed by atoms with Crippen LogP contribution in [0.5, 0.6) is 0 Å². The molecule has 0 aromatic carbocycles. The predicted octanol–water partition coefficient (Wildman–Crippen LogP) is -0.717. The first kappa shape index (κ1) is 14.2. The van der Waals surface area contributed by atoms with Gasteiger partial charge in [-0.1, -0.05) is 13.8 Å². The van der Waals surface area contributed by atoms with Gasteiger partial charge < -0.3 is 22.3 Å². The molecule has 0 aromatic rings. The first-order chi connectivity index (χ1) is 5.77. The van der Waals surface area contributed by atoms with Crippen molar-refractivity contribution in [2.75, 3.05) is 0 Å². The Morgan fingerprint density at radius 1 is 1.46 bits per heavy atom. The van der Waals surface area contributed by atoms with Crippen molar-refractivity contribution in [3.63, 3.8) is 0 Å².